The number of hydrogen-bond donors (Lipinski definition) is 0. The summed E-state index contributed by atoms with van der Waals surface area (Å²) >= 11 is 26.9. The Balaban J connectivity index is 1.80. The molecule has 1 aliphatic heterocycles. The van der Waals surface area contributed by atoms with Crippen LogP contribution >= 0.6 is 46.4 Å². The van der Waals surface area contributed by atoms with Gasteiger partial charge in [0.2, 0.25) is 5.60 Å². The Hall–Kier alpha value is -3.15. The zero-order valence-electron chi connectivity index (χ0n) is 22.6. The lowest BCUT2D eigenvalue weighted by Crippen LogP contribution is -2.32. The van der Waals surface area contributed by atoms with Gasteiger partial charge in [0, 0.05) is 46.7 Å². The van der Waals surface area contributed by atoms with Gasteiger partial charge in [-0.05, 0) is 56.7 Å². The van der Waals surface area contributed by atoms with Gasteiger partial charge in [-0.1, -0.05) is 94.9 Å². The Labute approximate surface area is 259 Å². The second-order valence-corrected chi connectivity index (χ2v) is 11.5. The molecule has 1 aliphatic rings. The number of aryl methyl sites for hydroxylation is 1. The number of esters is 1. The molecule has 5 aromatic rings. The summed E-state index contributed by atoms with van der Waals surface area (Å²) in [5.41, 5.74) is 5.19. The Bertz CT molecular complexity index is 1810. The smallest absolute Gasteiger partial charge is 0.341 e. The summed E-state index contributed by atoms with van der Waals surface area (Å²) in [5.74, 6) is -0.624. The summed E-state index contributed by atoms with van der Waals surface area (Å²) in [6, 6.07) is 26.2. The van der Waals surface area contributed by atoms with Crippen molar-refractivity contribution in [2.45, 2.75) is 26.4 Å². The van der Waals surface area contributed by atoms with E-state index in [4.69, 9.17) is 51.1 Å². The first kappa shape index (κ1) is 28.0. The average Bonchev–Trinajstić information content (AvgIpc) is 3.54. The Morgan fingerprint density at radius 2 is 1.46 bits per heavy atom. The van der Waals surface area contributed by atoms with Gasteiger partial charge in [-0.25, -0.2) is 4.79 Å². The van der Waals surface area contributed by atoms with Crippen LogP contribution in [0.3, 0.4) is 0 Å². The van der Waals surface area contributed by atoms with Crippen molar-refractivity contribution in [3.8, 4) is 11.1 Å². The summed E-state index contributed by atoms with van der Waals surface area (Å²) in [6.45, 7) is 7.96. The molecule has 3 aromatic carbocycles. The number of cyclic esters (lactones) is 1. The third kappa shape index (κ3) is 4.15. The summed E-state index contributed by atoms with van der Waals surface area (Å²) in [7, 11) is 0. The molecule has 8 heteroatoms. The number of rotatable bonds is 6. The van der Waals surface area contributed by atoms with E-state index in [0.29, 0.717) is 11.1 Å². The van der Waals surface area contributed by atoms with Crippen LogP contribution in [-0.2, 0) is 10.3 Å². The first-order chi connectivity index (χ1) is 19.7. The van der Waals surface area contributed by atoms with Crippen molar-refractivity contribution in [3.63, 3.8) is 0 Å². The van der Waals surface area contributed by atoms with E-state index in [2.05, 4.69) is 29.2 Å². The van der Waals surface area contributed by atoms with Crippen molar-refractivity contribution in [1.82, 2.24) is 4.40 Å². The highest BCUT2D eigenvalue weighted by Gasteiger charge is 2.55. The third-order valence-electron chi connectivity index (χ3n) is 7.88. The van der Waals surface area contributed by atoms with E-state index < -0.39 is 11.6 Å². The van der Waals surface area contributed by atoms with Crippen LogP contribution in [0.25, 0.3) is 16.6 Å². The zero-order valence-corrected chi connectivity index (χ0v) is 25.7. The van der Waals surface area contributed by atoms with Crippen LogP contribution in [0, 0.1) is 6.92 Å². The maximum Gasteiger partial charge on any atom is 0.341 e. The predicted octanol–water partition coefficient (Wildman–Crippen LogP) is 9.84. The summed E-state index contributed by atoms with van der Waals surface area (Å²) in [5, 5.41) is 0.221. The molecular formula is C33H26Cl4N2O2. The minimum absolute atomic E-state index is 0.0150. The van der Waals surface area contributed by atoms with Crippen LogP contribution in [0.1, 0.15) is 46.7 Å². The molecule has 0 fully saturated rings. The van der Waals surface area contributed by atoms with Crippen molar-refractivity contribution in [3.05, 3.63) is 127 Å². The van der Waals surface area contributed by atoms with Crippen LogP contribution in [0.5, 0.6) is 0 Å². The molecule has 4 nitrogen and oxygen atoms in total. The quantitative estimate of drug-likeness (QED) is 0.107. The summed E-state index contributed by atoms with van der Waals surface area (Å²) in [4.78, 5) is 16.1. The standard InChI is InChI=1S/C33H26Cl4N2O2/c1-4-38(5-2)22-16-14-21(15-17-22)33(26-25(32(40)41-33)27(34)29(36)30(37)28(26)35)31-24(20-11-7-6-8-12-20)18-23-13-9-10-19(3)39(23)31/h6-18H,4-5H2,1-3H3. The zero-order chi connectivity index (χ0) is 29.1. The van der Waals surface area contributed by atoms with Crippen molar-refractivity contribution in [2.75, 3.05) is 18.0 Å². The van der Waals surface area contributed by atoms with Gasteiger partial charge in [0.1, 0.15) is 0 Å². The van der Waals surface area contributed by atoms with Crippen LogP contribution in [0.4, 0.5) is 5.69 Å². The topological polar surface area (TPSA) is 34.0 Å². The first-order valence-corrected chi connectivity index (χ1v) is 14.9. The molecule has 0 N–H and O–H groups in total. The largest absolute Gasteiger partial charge is 0.439 e. The van der Waals surface area contributed by atoms with Crippen LogP contribution in [0.15, 0.2) is 78.9 Å². The minimum Gasteiger partial charge on any atom is -0.439 e. The maximum atomic E-state index is 13.8. The molecule has 0 aliphatic carbocycles. The highest BCUT2D eigenvalue weighted by molar-refractivity contribution is 6.53. The van der Waals surface area contributed by atoms with Gasteiger partial charge < -0.3 is 14.0 Å². The molecule has 3 heterocycles. The molecule has 0 bridgehead atoms. The number of anilines is 1. The summed E-state index contributed by atoms with van der Waals surface area (Å²) in [6.07, 6.45) is 0. The van der Waals surface area contributed by atoms with Crippen molar-refractivity contribution < 1.29 is 9.53 Å². The number of benzene rings is 3. The first-order valence-electron chi connectivity index (χ1n) is 13.4. The summed E-state index contributed by atoms with van der Waals surface area (Å²) < 4.78 is 8.65. The molecule has 2 aromatic heterocycles. The highest BCUT2D eigenvalue weighted by Crippen LogP contribution is 2.57. The number of hydrogen-bond acceptors (Lipinski definition) is 3. The maximum absolute atomic E-state index is 13.8. The lowest BCUT2D eigenvalue weighted by atomic mass is 9.80. The molecule has 0 amide bonds. The van der Waals surface area contributed by atoms with Gasteiger partial charge in [-0.2, -0.15) is 0 Å². The van der Waals surface area contributed by atoms with Gasteiger partial charge in [0.15, 0.2) is 0 Å². The van der Waals surface area contributed by atoms with Crippen LogP contribution in [0.2, 0.25) is 20.1 Å². The molecule has 1 unspecified atom stereocenters. The molecule has 1 atom stereocenters. The monoisotopic (exact) mass is 622 g/mol. The number of aromatic nitrogens is 1. The fourth-order valence-electron chi connectivity index (χ4n) is 5.98. The Morgan fingerprint density at radius 3 is 2.12 bits per heavy atom. The number of carbonyl (C=O) groups excluding carboxylic acids is 1. The minimum atomic E-state index is -1.49. The molecule has 6 rings (SSSR count). The van der Waals surface area contributed by atoms with Gasteiger partial charge in [-0.15, -0.1) is 0 Å². The Kier molecular flexibility index (Phi) is 7.24. The molecule has 0 saturated carbocycles. The number of pyridine rings is 1. The van der Waals surface area contributed by atoms with E-state index in [9.17, 15) is 4.79 Å². The number of nitrogens with zero attached hydrogens (tertiary/aromatic N) is 2. The third-order valence-corrected chi connectivity index (χ3v) is 9.68. The molecule has 208 valence electrons. The second-order valence-electron chi connectivity index (χ2n) is 10.00. The fourth-order valence-corrected chi connectivity index (χ4v) is 7.04. The lowest BCUT2D eigenvalue weighted by Gasteiger charge is -2.33. The second kappa shape index (κ2) is 10.6. The molecule has 41 heavy (non-hydrogen) atoms. The van der Waals surface area contributed by atoms with Gasteiger partial charge in [0.05, 0.1) is 31.3 Å². The molecular weight excluding hydrogens is 598 g/mol. The fraction of sp³-hybridized carbons (Fsp3) is 0.182. The van der Waals surface area contributed by atoms with E-state index >= 15 is 0 Å². The number of fused-ring (bicyclic) bond motifs is 2. The predicted molar refractivity (Wildman–Crippen MR) is 169 cm³/mol. The highest BCUT2D eigenvalue weighted by atomic mass is 35.5. The lowest BCUT2D eigenvalue weighted by molar-refractivity contribution is 0.0238. The number of carbonyl (C=O) groups is 1. The van der Waals surface area contributed by atoms with E-state index in [-0.39, 0.29) is 25.7 Å². The van der Waals surface area contributed by atoms with E-state index in [1.165, 1.54) is 0 Å². The Morgan fingerprint density at radius 1 is 0.805 bits per heavy atom. The number of halogens is 4. The van der Waals surface area contributed by atoms with E-state index in [0.717, 1.165) is 46.8 Å². The van der Waals surface area contributed by atoms with Gasteiger partial charge >= 0.3 is 5.97 Å². The average molecular weight is 624 g/mol. The van der Waals surface area contributed by atoms with E-state index in [1.54, 1.807) is 0 Å². The molecule has 0 spiro atoms. The molecule has 0 radical (unpaired) electrons. The van der Waals surface area contributed by atoms with Gasteiger partial charge in [-0.3, -0.25) is 0 Å². The van der Waals surface area contributed by atoms with E-state index in [1.807, 2.05) is 79.7 Å². The SMILES string of the molecule is CCN(CC)c1ccc(C2(c3c(-c4ccccc4)cc4cccc(C)n34)OC(=O)c3c(Cl)c(Cl)c(Cl)c(Cl)c32)cc1. The van der Waals surface area contributed by atoms with Gasteiger partial charge in [0.25, 0.3) is 0 Å². The van der Waals surface area contributed by atoms with Crippen molar-refractivity contribution in [2.24, 2.45) is 0 Å². The van der Waals surface area contributed by atoms with Crippen LogP contribution < -0.4 is 4.90 Å². The van der Waals surface area contributed by atoms with Crippen molar-refractivity contribution in [1.29, 1.82) is 0 Å². The normalized spacial score (nSPS) is 16.2. The van der Waals surface area contributed by atoms with Crippen LogP contribution in [-0.4, -0.2) is 23.5 Å². The van der Waals surface area contributed by atoms with Crippen molar-refractivity contribution >= 4 is 63.6 Å². The molecule has 0 saturated heterocycles. The number of ether oxygens (including phenoxy) is 1.